The van der Waals surface area contributed by atoms with Crippen molar-refractivity contribution in [3.63, 3.8) is 0 Å². The maximum absolute atomic E-state index is 11.1. The van der Waals surface area contributed by atoms with E-state index in [0.717, 1.165) is 0 Å². The molecular weight excluding hydrogens is 460 g/mol. The van der Waals surface area contributed by atoms with Crippen molar-refractivity contribution in [1.29, 1.82) is 0 Å². The van der Waals surface area contributed by atoms with Gasteiger partial charge in [0.05, 0.1) is 7.11 Å². The summed E-state index contributed by atoms with van der Waals surface area (Å²) in [5.74, 6) is -0.207. The van der Waals surface area contributed by atoms with Gasteiger partial charge in [-0.15, -0.1) is 0 Å². The highest BCUT2D eigenvalue weighted by Crippen LogP contribution is 2.08. The minimum Gasteiger partial charge on any atom is -0.438 e. The van der Waals surface area contributed by atoms with E-state index < -0.39 is 35.8 Å². The summed E-state index contributed by atoms with van der Waals surface area (Å²) in [7, 11) is 1.19. The number of hydrogen-bond donors (Lipinski definition) is 0. The third kappa shape index (κ3) is 25.0. The molecule has 0 aliphatic heterocycles. The smallest absolute Gasteiger partial charge is 0.438 e. The van der Waals surface area contributed by atoms with Crippen LogP contribution in [0.3, 0.4) is 0 Å². The fraction of sp³-hybridized carbons (Fsp3) is 0.762. The van der Waals surface area contributed by atoms with Crippen molar-refractivity contribution in [3.05, 3.63) is 0 Å². The SMILES string of the molecule is CCC(=O)COC(=O)OCCOC(=O)OC(C)(C)C.COC(=O)OCCOC(=O)OC(C)(C)C. The molecule has 0 heterocycles. The monoisotopic (exact) mass is 496 g/mol. The second kappa shape index (κ2) is 17.3. The molecule has 0 aromatic heterocycles. The van der Waals surface area contributed by atoms with Crippen molar-refractivity contribution in [2.24, 2.45) is 0 Å². The highest BCUT2D eigenvalue weighted by Gasteiger charge is 2.18. The zero-order chi connectivity index (χ0) is 26.8. The third-order valence-corrected chi connectivity index (χ3v) is 2.74. The molecule has 198 valence electrons. The maximum atomic E-state index is 11.1. The predicted molar refractivity (Wildman–Crippen MR) is 115 cm³/mol. The van der Waals surface area contributed by atoms with Crippen molar-refractivity contribution < 1.29 is 61.9 Å². The highest BCUT2D eigenvalue weighted by molar-refractivity contribution is 5.80. The van der Waals surface area contributed by atoms with Crippen LogP contribution in [-0.2, 0) is 42.7 Å². The van der Waals surface area contributed by atoms with Gasteiger partial charge >= 0.3 is 24.6 Å². The second-order valence-electron chi connectivity index (χ2n) is 8.21. The summed E-state index contributed by atoms with van der Waals surface area (Å²) in [6, 6.07) is 0. The quantitative estimate of drug-likeness (QED) is 0.258. The van der Waals surface area contributed by atoms with Gasteiger partial charge in [0.15, 0.2) is 12.4 Å². The van der Waals surface area contributed by atoms with E-state index in [4.69, 9.17) is 9.47 Å². The van der Waals surface area contributed by atoms with Crippen LogP contribution in [0.5, 0.6) is 0 Å². The van der Waals surface area contributed by atoms with Gasteiger partial charge in [0.25, 0.3) is 0 Å². The summed E-state index contributed by atoms with van der Waals surface area (Å²) < 4.78 is 36.7. The number of ketones is 1. The van der Waals surface area contributed by atoms with Crippen LogP contribution in [0.25, 0.3) is 0 Å². The Balaban J connectivity index is 0. The number of rotatable bonds is 9. The number of methoxy groups -OCH3 is 1. The number of hydrogen-bond acceptors (Lipinski definition) is 13. The molecule has 13 nitrogen and oxygen atoms in total. The summed E-state index contributed by atoms with van der Waals surface area (Å²) in [5.41, 5.74) is -1.24. The van der Waals surface area contributed by atoms with Gasteiger partial charge in [-0.1, -0.05) is 6.92 Å². The largest absolute Gasteiger partial charge is 0.508 e. The summed E-state index contributed by atoms with van der Waals surface area (Å²) in [6.07, 6.45) is -3.14. The van der Waals surface area contributed by atoms with Crippen LogP contribution in [0.15, 0.2) is 0 Å². The molecule has 0 saturated heterocycles. The van der Waals surface area contributed by atoms with Crippen molar-refractivity contribution in [2.75, 3.05) is 40.1 Å². The Hall–Kier alpha value is -3.25. The Morgan fingerprint density at radius 1 is 0.559 bits per heavy atom. The van der Waals surface area contributed by atoms with Crippen LogP contribution >= 0.6 is 0 Å². The van der Waals surface area contributed by atoms with E-state index in [1.165, 1.54) is 7.11 Å². The zero-order valence-corrected chi connectivity index (χ0v) is 21.0. The third-order valence-electron chi connectivity index (χ3n) is 2.74. The molecule has 0 atom stereocenters. The molecule has 0 radical (unpaired) electrons. The Kier molecular flexibility index (Phi) is 16.7. The van der Waals surface area contributed by atoms with E-state index in [0.29, 0.717) is 0 Å². The Bertz CT molecular complexity index is 644. The molecule has 0 fully saturated rings. The lowest BCUT2D eigenvalue weighted by Gasteiger charge is -2.18. The molecule has 34 heavy (non-hydrogen) atoms. The van der Waals surface area contributed by atoms with Crippen molar-refractivity contribution in [1.82, 2.24) is 0 Å². The molecule has 0 spiro atoms. The van der Waals surface area contributed by atoms with E-state index >= 15 is 0 Å². The normalized spacial score (nSPS) is 10.5. The van der Waals surface area contributed by atoms with Crippen molar-refractivity contribution in [3.8, 4) is 0 Å². The average Bonchev–Trinajstić information content (AvgIpc) is 2.70. The van der Waals surface area contributed by atoms with Gasteiger partial charge in [0.1, 0.15) is 37.6 Å². The molecule has 13 heteroatoms. The van der Waals surface area contributed by atoms with Crippen molar-refractivity contribution in [2.45, 2.75) is 66.1 Å². The van der Waals surface area contributed by atoms with Gasteiger partial charge in [-0.2, -0.15) is 0 Å². The fourth-order valence-electron chi connectivity index (χ4n) is 1.40. The van der Waals surface area contributed by atoms with E-state index in [-0.39, 0.29) is 45.2 Å². The molecule has 0 aliphatic rings. The van der Waals surface area contributed by atoms with Crippen molar-refractivity contribution >= 4 is 30.4 Å². The van der Waals surface area contributed by atoms with Crippen LogP contribution in [0, 0.1) is 0 Å². The predicted octanol–water partition coefficient (Wildman–Crippen LogP) is 3.79. The molecule has 0 amide bonds. The van der Waals surface area contributed by atoms with Gasteiger partial charge in [-0.05, 0) is 41.5 Å². The molecule has 0 saturated carbocycles. The van der Waals surface area contributed by atoms with Crippen LogP contribution in [0.4, 0.5) is 19.2 Å². The average molecular weight is 497 g/mol. The number of carbonyl (C=O) groups excluding carboxylic acids is 5. The number of Topliss-reactive ketones (excluding diaryl/α,β-unsaturated/α-hetero) is 1. The summed E-state index contributed by atoms with van der Waals surface area (Å²) in [4.78, 5) is 54.3. The second-order valence-corrected chi connectivity index (χ2v) is 8.21. The van der Waals surface area contributed by atoms with Crippen LogP contribution < -0.4 is 0 Å². The van der Waals surface area contributed by atoms with Gasteiger partial charge in [0, 0.05) is 6.42 Å². The minimum absolute atomic E-state index is 0.0636. The lowest BCUT2D eigenvalue weighted by Crippen LogP contribution is -2.25. The van der Waals surface area contributed by atoms with Crippen LogP contribution in [0.2, 0.25) is 0 Å². The molecular formula is C21H36O13. The first-order valence-electron chi connectivity index (χ1n) is 10.3. The van der Waals surface area contributed by atoms with Crippen LogP contribution in [-0.4, -0.2) is 81.8 Å². The van der Waals surface area contributed by atoms with E-state index in [1.807, 2.05) is 0 Å². The van der Waals surface area contributed by atoms with Gasteiger partial charge < -0.3 is 37.9 Å². The molecule has 0 aromatic rings. The van der Waals surface area contributed by atoms with Gasteiger partial charge in [0.2, 0.25) is 0 Å². The molecule has 0 unspecified atom stereocenters. The lowest BCUT2D eigenvalue weighted by molar-refractivity contribution is -0.122. The fourth-order valence-corrected chi connectivity index (χ4v) is 1.40. The van der Waals surface area contributed by atoms with E-state index in [2.05, 4.69) is 28.4 Å². The first-order chi connectivity index (χ1) is 15.6. The van der Waals surface area contributed by atoms with Gasteiger partial charge in [-0.25, -0.2) is 19.2 Å². The van der Waals surface area contributed by atoms with Gasteiger partial charge in [-0.3, -0.25) is 4.79 Å². The zero-order valence-electron chi connectivity index (χ0n) is 21.0. The standard InChI is InChI=1S/C12H20O7.C9H16O6/c1-5-9(13)8-18-10(14)16-6-7-17-11(15)19-12(2,3)4;1-9(2,3)15-8(11)14-6-5-13-7(10)12-4/h5-8H2,1-4H3;5-6H2,1-4H3. The Morgan fingerprint density at radius 3 is 1.24 bits per heavy atom. The summed E-state index contributed by atoms with van der Waals surface area (Å²) in [5, 5.41) is 0. The molecule has 0 rings (SSSR count). The Morgan fingerprint density at radius 2 is 0.912 bits per heavy atom. The maximum Gasteiger partial charge on any atom is 0.508 e. The van der Waals surface area contributed by atoms with E-state index in [1.54, 1.807) is 48.5 Å². The Labute approximate surface area is 199 Å². The van der Waals surface area contributed by atoms with Crippen LogP contribution in [0.1, 0.15) is 54.9 Å². The first kappa shape index (κ1) is 32.9. The highest BCUT2D eigenvalue weighted by atomic mass is 16.8. The number of ether oxygens (including phenoxy) is 8. The number of carbonyl (C=O) groups is 5. The summed E-state index contributed by atoms with van der Waals surface area (Å²) >= 11 is 0. The minimum atomic E-state index is -0.977. The lowest BCUT2D eigenvalue weighted by atomic mass is 10.2. The topological polar surface area (TPSA) is 159 Å². The molecule has 0 aromatic carbocycles. The molecule has 0 aliphatic carbocycles. The molecule has 0 bridgehead atoms. The molecule has 0 N–H and O–H groups in total. The summed E-state index contributed by atoms with van der Waals surface area (Å²) in [6.45, 7) is 11.2. The van der Waals surface area contributed by atoms with E-state index in [9.17, 15) is 24.0 Å². The first-order valence-corrected chi connectivity index (χ1v) is 10.3.